The van der Waals surface area contributed by atoms with E-state index >= 15 is 0 Å². The quantitative estimate of drug-likeness (QED) is 0.167. The van der Waals surface area contributed by atoms with Gasteiger partial charge in [0, 0.05) is 19.3 Å². The molecule has 0 unspecified atom stereocenters. The number of hydrogen-bond acceptors (Lipinski definition) is 1. The molecule has 0 spiro atoms. The van der Waals surface area contributed by atoms with Gasteiger partial charge in [-0.25, -0.2) is 0 Å². The third kappa shape index (κ3) is 16.1. The molecule has 0 aliphatic carbocycles. The molecular formula is C6H3F6I2N2P. The number of diazo groups is 1. The van der Waals surface area contributed by atoms with Crippen LogP contribution in [0.25, 0.3) is 4.98 Å². The topological polar surface area (TPSA) is 28.1 Å². The first-order valence-electron chi connectivity index (χ1n) is 3.55. The van der Waals surface area contributed by atoms with Gasteiger partial charge in [0.25, 0.3) is 0 Å². The molecule has 1 aromatic rings. The molecule has 0 radical (unpaired) electrons. The van der Waals surface area contributed by atoms with Gasteiger partial charge in [-0.1, -0.05) is 0 Å². The second kappa shape index (κ2) is 4.65. The second-order valence-electron chi connectivity index (χ2n) is 2.69. The molecule has 0 aliphatic heterocycles. The van der Waals surface area contributed by atoms with E-state index in [2.05, 4.69) is 50.2 Å². The predicted molar refractivity (Wildman–Crippen MR) is 70.2 cm³/mol. The van der Waals surface area contributed by atoms with Crippen LogP contribution in [0.2, 0.25) is 0 Å². The Morgan fingerprint density at radius 2 is 1.18 bits per heavy atom. The van der Waals surface area contributed by atoms with Gasteiger partial charge in [-0.3, -0.25) is 0 Å². The first kappa shape index (κ1) is 17.1. The van der Waals surface area contributed by atoms with E-state index in [0.717, 1.165) is 7.14 Å². The number of halogens is 8. The third-order valence-corrected chi connectivity index (χ3v) is 2.21. The summed E-state index contributed by atoms with van der Waals surface area (Å²) in [6, 6.07) is 5.63. The van der Waals surface area contributed by atoms with E-state index in [0.29, 0.717) is 5.69 Å². The molecule has 98 valence electrons. The number of hydrogen-bond donors (Lipinski definition) is 0. The van der Waals surface area contributed by atoms with Gasteiger partial charge < -0.3 is 0 Å². The Kier molecular flexibility index (Phi) is 4.68. The van der Waals surface area contributed by atoms with E-state index in [9.17, 15) is 25.2 Å². The second-order valence-corrected chi connectivity index (χ2v) is 7.09. The molecule has 0 aromatic heterocycles. The molecule has 0 saturated heterocycles. The number of benzene rings is 1. The van der Waals surface area contributed by atoms with Crippen molar-refractivity contribution in [3.8, 4) is 0 Å². The molecule has 0 amide bonds. The summed E-state index contributed by atoms with van der Waals surface area (Å²) in [4.78, 5) is 3.08. The Labute approximate surface area is 119 Å². The van der Waals surface area contributed by atoms with Crippen molar-refractivity contribution in [1.29, 1.82) is 5.39 Å². The minimum Gasteiger partial charge on any atom is -0.0440 e. The average Bonchev–Trinajstić information content (AvgIpc) is 1.96. The molecule has 1 rings (SSSR count). The van der Waals surface area contributed by atoms with Crippen LogP contribution in [0.1, 0.15) is 0 Å². The van der Waals surface area contributed by atoms with E-state index in [1.165, 1.54) is 0 Å². The van der Waals surface area contributed by atoms with Crippen LogP contribution < -0.4 is 0 Å². The van der Waals surface area contributed by atoms with Crippen molar-refractivity contribution in [1.82, 2.24) is 0 Å². The largest absolute Gasteiger partial charge is 0.387 e. The minimum atomic E-state index is -10.7. The van der Waals surface area contributed by atoms with Gasteiger partial charge in [0.05, 0.1) is 0 Å². The molecule has 0 N–H and O–H groups in total. The Bertz CT molecular complexity index is 433. The summed E-state index contributed by atoms with van der Waals surface area (Å²) in [5.41, 5.74) is 0.608. The van der Waals surface area contributed by atoms with Crippen LogP contribution in [0.5, 0.6) is 0 Å². The zero-order chi connectivity index (χ0) is 14.0. The average molecular weight is 502 g/mol. The van der Waals surface area contributed by atoms with Gasteiger partial charge in [0.15, 0.2) is 4.98 Å². The maximum atomic E-state index is 9.87. The fraction of sp³-hybridized carbons (Fsp3) is 0. The van der Waals surface area contributed by atoms with E-state index < -0.39 is 7.81 Å². The molecule has 2 nitrogen and oxygen atoms in total. The Morgan fingerprint density at radius 3 is 1.41 bits per heavy atom. The summed E-state index contributed by atoms with van der Waals surface area (Å²) in [5.74, 6) is 0. The summed E-state index contributed by atoms with van der Waals surface area (Å²) < 4.78 is 61.4. The van der Waals surface area contributed by atoms with Crippen molar-refractivity contribution >= 4 is 58.7 Å². The zero-order valence-corrected chi connectivity index (χ0v) is 12.8. The molecule has 17 heavy (non-hydrogen) atoms. The van der Waals surface area contributed by atoms with Gasteiger partial charge >= 0.3 is 38.7 Å². The SMILES string of the molecule is F[P-](F)(F)(F)(F)F.N#[N+]c1cc(I)cc(I)c1. The van der Waals surface area contributed by atoms with Gasteiger partial charge in [-0.05, 0) is 51.2 Å². The zero-order valence-electron chi connectivity index (χ0n) is 7.60. The first-order valence-corrected chi connectivity index (χ1v) is 7.73. The smallest absolute Gasteiger partial charge is 0.0440 e. The van der Waals surface area contributed by atoms with Gasteiger partial charge in [-0.15, -0.1) is 0 Å². The van der Waals surface area contributed by atoms with Crippen LogP contribution in [0.4, 0.5) is 30.9 Å². The van der Waals surface area contributed by atoms with E-state index in [1.807, 2.05) is 18.2 Å². The Hall–Kier alpha value is 0.110. The van der Waals surface area contributed by atoms with Crippen molar-refractivity contribution in [2.45, 2.75) is 0 Å². The monoisotopic (exact) mass is 502 g/mol. The molecule has 11 heteroatoms. The standard InChI is InChI=1S/C6H3I2N2.F6P/c7-4-1-5(8)3-6(2-4)10-9;1-7(2,3,4,5)6/h1-3H;/q+1;-1. The molecule has 0 atom stereocenters. The van der Waals surface area contributed by atoms with Crippen molar-refractivity contribution in [3.05, 3.63) is 30.3 Å². The molecule has 1 aromatic carbocycles. The van der Waals surface area contributed by atoms with Gasteiger partial charge in [0.1, 0.15) is 0 Å². The molecular weight excluding hydrogens is 499 g/mol. The van der Waals surface area contributed by atoms with Gasteiger partial charge in [-0.2, -0.15) is 0 Å². The van der Waals surface area contributed by atoms with Crippen LogP contribution in [0, 0.1) is 12.5 Å². The summed E-state index contributed by atoms with van der Waals surface area (Å²) >= 11 is 4.36. The number of rotatable bonds is 0. The van der Waals surface area contributed by atoms with Crippen molar-refractivity contribution in [3.63, 3.8) is 0 Å². The summed E-state index contributed by atoms with van der Waals surface area (Å²) in [5, 5.41) is 8.40. The van der Waals surface area contributed by atoms with Crippen LogP contribution in [0.15, 0.2) is 18.2 Å². The van der Waals surface area contributed by atoms with E-state index in [4.69, 9.17) is 5.39 Å². The third-order valence-electron chi connectivity index (χ3n) is 0.963. The van der Waals surface area contributed by atoms with Gasteiger partial charge in [0.2, 0.25) is 5.39 Å². The molecule has 0 heterocycles. The minimum absolute atomic E-state index is 0.608. The van der Waals surface area contributed by atoms with Crippen LogP contribution in [0.3, 0.4) is 0 Å². The van der Waals surface area contributed by atoms with Crippen LogP contribution in [-0.2, 0) is 0 Å². The molecule has 0 fully saturated rings. The molecule has 0 bridgehead atoms. The van der Waals surface area contributed by atoms with Crippen molar-refractivity contribution in [2.24, 2.45) is 0 Å². The summed E-state index contributed by atoms with van der Waals surface area (Å²) in [6.45, 7) is 0. The fourth-order valence-electron chi connectivity index (χ4n) is 0.597. The van der Waals surface area contributed by atoms with E-state index in [1.54, 1.807) is 0 Å². The summed E-state index contributed by atoms with van der Waals surface area (Å²) in [6.07, 6.45) is 0. The normalized spacial score (nSPS) is 14.8. The summed E-state index contributed by atoms with van der Waals surface area (Å²) in [7, 11) is -10.7. The van der Waals surface area contributed by atoms with Crippen LogP contribution in [-0.4, -0.2) is 0 Å². The molecule has 0 aliphatic rings. The van der Waals surface area contributed by atoms with Crippen LogP contribution >= 0.6 is 53.0 Å². The fourth-order valence-corrected chi connectivity index (χ4v) is 2.50. The maximum absolute atomic E-state index is 10.7. The van der Waals surface area contributed by atoms with Crippen molar-refractivity contribution < 1.29 is 25.2 Å². The number of nitrogens with zero attached hydrogens (tertiary/aromatic N) is 2. The maximum Gasteiger partial charge on any atom is 0.387 e. The predicted octanol–water partition coefficient (Wildman–Crippen LogP) is 6.76. The van der Waals surface area contributed by atoms with Crippen molar-refractivity contribution in [2.75, 3.05) is 0 Å². The Balaban J connectivity index is 0.000000325. The first-order chi connectivity index (χ1) is 7.17. The molecule has 0 saturated carbocycles. The van der Waals surface area contributed by atoms with E-state index in [-0.39, 0.29) is 0 Å². The Morgan fingerprint density at radius 1 is 0.882 bits per heavy atom.